The average Bonchev–Trinajstić information content (AvgIpc) is 2.72. The van der Waals surface area contributed by atoms with Crippen molar-refractivity contribution in [3.63, 3.8) is 0 Å². The number of pyridine rings is 1. The number of aromatic nitrogens is 1. The lowest BCUT2D eigenvalue weighted by Crippen LogP contribution is -2.38. The highest BCUT2D eigenvalue weighted by Crippen LogP contribution is 2.17. The van der Waals surface area contributed by atoms with E-state index < -0.39 is 0 Å². The number of halogens is 1. The van der Waals surface area contributed by atoms with E-state index in [2.05, 4.69) is 83.6 Å². The normalized spacial score (nSPS) is 10.1. The summed E-state index contributed by atoms with van der Waals surface area (Å²) in [4.78, 5) is 6.70. The molecule has 0 saturated carbocycles. The lowest BCUT2D eigenvalue weighted by molar-refractivity contribution is 0.430. The summed E-state index contributed by atoms with van der Waals surface area (Å²) in [5.41, 5.74) is 5.90. The van der Waals surface area contributed by atoms with Gasteiger partial charge in [0, 0.05) is 37.1 Å². The maximum atomic E-state index is 5.79. The second-order valence-corrected chi connectivity index (χ2v) is 7.43. The van der Waals surface area contributed by atoms with Gasteiger partial charge in [-0.3, -0.25) is 4.98 Å². The third-order valence-electron chi connectivity index (χ3n) is 4.80. The molecule has 1 N–H and O–H groups in total. The van der Waals surface area contributed by atoms with Gasteiger partial charge in [-0.1, -0.05) is 48.5 Å². The molecule has 5 heteroatoms. The summed E-state index contributed by atoms with van der Waals surface area (Å²) in [6.45, 7) is 5.91. The van der Waals surface area contributed by atoms with E-state index in [0.717, 1.165) is 42.4 Å². The van der Waals surface area contributed by atoms with E-state index in [-0.39, 0.29) is 12.4 Å². The first kappa shape index (κ1) is 22.9. The van der Waals surface area contributed by atoms with Crippen LogP contribution in [0.25, 0.3) is 0 Å². The van der Waals surface area contributed by atoms with Crippen LogP contribution >= 0.6 is 24.6 Å². The van der Waals surface area contributed by atoms with Crippen molar-refractivity contribution >= 4 is 35.4 Å². The van der Waals surface area contributed by atoms with Gasteiger partial charge < -0.3 is 10.2 Å². The van der Waals surface area contributed by atoms with Gasteiger partial charge >= 0.3 is 0 Å². The monoisotopic (exact) mass is 425 g/mol. The van der Waals surface area contributed by atoms with Crippen molar-refractivity contribution in [3.8, 4) is 0 Å². The molecule has 3 aromatic rings. The minimum Gasteiger partial charge on any atom is -0.348 e. The molecule has 0 aliphatic heterocycles. The first-order valence-corrected chi connectivity index (χ1v) is 10.1. The zero-order valence-electron chi connectivity index (χ0n) is 17.0. The van der Waals surface area contributed by atoms with Crippen LogP contribution in [0, 0.1) is 13.8 Å². The highest BCUT2D eigenvalue weighted by Gasteiger charge is 2.12. The van der Waals surface area contributed by atoms with Crippen LogP contribution in [0.4, 0.5) is 5.69 Å². The number of hydrogen-bond acceptors (Lipinski definition) is 2. The van der Waals surface area contributed by atoms with Gasteiger partial charge in [0.15, 0.2) is 5.11 Å². The van der Waals surface area contributed by atoms with Crippen molar-refractivity contribution in [2.45, 2.75) is 26.7 Å². The standard InChI is InChI=1S/C24H27N3S.ClH/c1-19-11-12-20(2)23(18-19)26-24(28)27(16-13-21-8-4-3-5-9-21)17-14-22-10-6-7-15-25-22;/h3-12,15,18H,13-14,16-17H2,1-2H3,(H,26,28);1H. The Labute approximate surface area is 185 Å². The summed E-state index contributed by atoms with van der Waals surface area (Å²) < 4.78 is 0. The van der Waals surface area contributed by atoms with Gasteiger partial charge in [0.05, 0.1) is 0 Å². The van der Waals surface area contributed by atoms with E-state index in [9.17, 15) is 0 Å². The van der Waals surface area contributed by atoms with Gasteiger partial charge in [0.1, 0.15) is 0 Å². The zero-order chi connectivity index (χ0) is 19.8. The molecule has 0 fully saturated rings. The summed E-state index contributed by atoms with van der Waals surface area (Å²) in [6.07, 6.45) is 3.66. The number of hydrogen-bond donors (Lipinski definition) is 1. The second kappa shape index (κ2) is 11.5. The molecule has 0 amide bonds. The molecule has 1 heterocycles. The SMILES string of the molecule is Cc1ccc(C)c(NC(=S)N(CCc2ccccc2)CCc2ccccn2)c1.Cl. The third-order valence-corrected chi connectivity index (χ3v) is 5.16. The van der Waals surface area contributed by atoms with Crippen LogP contribution in [0.3, 0.4) is 0 Å². The molecule has 0 unspecified atom stereocenters. The third kappa shape index (κ3) is 7.15. The predicted molar refractivity (Wildman–Crippen MR) is 129 cm³/mol. The summed E-state index contributed by atoms with van der Waals surface area (Å²) >= 11 is 5.79. The molecule has 29 heavy (non-hydrogen) atoms. The number of nitrogens with one attached hydrogen (secondary N) is 1. The van der Waals surface area contributed by atoms with Crippen LogP contribution in [0.5, 0.6) is 0 Å². The lowest BCUT2D eigenvalue weighted by Gasteiger charge is -2.26. The van der Waals surface area contributed by atoms with Gasteiger partial charge in [-0.2, -0.15) is 0 Å². The molecule has 3 rings (SSSR count). The Balaban J connectivity index is 0.00000300. The average molecular weight is 426 g/mol. The molecule has 0 radical (unpaired) electrons. The van der Waals surface area contributed by atoms with Crippen molar-refractivity contribution in [1.29, 1.82) is 0 Å². The number of benzene rings is 2. The van der Waals surface area contributed by atoms with E-state index in [0.29, 0.717) is 0 Å². The fourth-order valence-corrected chi connectivity index (χ4v) is 3.38. The molecule has 2 aromatic carbocycles. The molecule has 1 aromatic heterocycles. The molecule has 0 saturated heterocycles. The molecular weight excluding hydrogens is 398 g/mol. The van der Waals surface area contributed by atoms with E-state index in [1.807, 2.05) is 18.3 Å². The van der Waals surface area contributed by atoms with Crippen molar-refractivity contribution in [3.05, 3.63) is 95.3 Å². The Bertz CT molecular complexity index is 857. The fourth-order valence-electron chi connectivity index (χ4n) is 3.08. The van der Waals surface area contributed by atoms with E-state index in [1.54, 1.807) is 0 Å². The highest BCUT2D eigenvalue weighted by molar-refractivity contribution is 7.80. The van der Waals surface area contributed by atoms with Crippen molar-refractivity contribution in [2.75, 3.05) is 18.4 Å². The van der Waals surface area contributed by atoms with Crippen LogP contribution in [-0.2, 0) is 12.8 Å². The van der Waals surface area contributed by atoms with Gasteiger partial charge in [-0.25, -0.2) is 0 Å². The van der Waals surface area contributed by atoms with Crippen molar-refractivity contribution in [2.24, 2.45) is 0 Å². The topological polar surface area (TPSA) is 28.2 Å². The molecule has 0 bridgehead atoms. The quantitative estimate of drug-likeness (QED) is 0.498. The maximum Gasteiger partial charge on any atom is 0.173 e. The van der Waals surface area contributed by atoms with Crippen LogP contribution in [-0.4, -0.2) is 28.1 Å². The number of rotatable bonds is 7. The molecule has 0 spiro atoms. The second-order valence-electron chi connectivity index (χ2n) is 7.04. The summed E-state index contributed by atoms with van der Waals surface area (Å²) in [5, 5.41) is 4.23. The van der Waals surface area contributed by atoms with Gasteiger partial charge in [-0.15, -0.1) is 12.4 Å². The number of anilines is 1. The minimum atomic E-state index is 0. The maximum absolute atomic E-state index is 5.79. The molecule has 152 valence electrons. The Morgan fingerprint density at radius 2 is 1.66 bits per heavy atom. The Morgan fingerprint density at radius 1 is 0.931 bits per heavy atom. The molecular formula is C24H28ClN3S. The van der Waals surface area contributed by atoms with Gasteiger partial charge in [-0.05, 0) is 67.4 Å². The first-order chi connectivity index (χ1) is 13.6. The molecule has 0 aliphatic carbocycles. The van der Waals surface area contributed by atoms with Crippen LogP contribution in [0.15, 0.2) is 72.9 Å². The highest BCUT2D eigenvalue weighted by atomic mass is 35.5. The lowest BCUT2D eigenvalue weighted by atomic mass is 10.1. The Morgan fingerprint density at radius 3 is 2.38 bits per heavy atom. The Kier molecular flexibility index (Phi) is 9.10. The fraction of sp³-hybridized carbons (Fsp3) is 0.250. The van der Waals surface area contributed by atoms with E-state index >= 15 is 0 Å². The first-order valence-electron chi connectivity index (χ1n) is 9.69. The number of aryl methyl sites for hydroxylation is 2. The number of nitrogens with zero attached hydrogens (tertiary/aromatic N) is 2. The van der Waals surface area contributed by atoms with E-state index in [1.165, 1.54) is 16.7 Å². The van der Waals surface area contributed by atoms with Gasteiger partial charge in [0.2, 0.25) is 0 Å². The Hall–Kier alpha value is -2.43. The molecule has 3 nitrogen and oxygen atoms in total. The summed E-state index contributed by atoms with van der Waals surface area (Å²) in [5.74, 6) is 0. The summed E-state index contributed by atoms with van der Waals surface area (Å²) in [6, 6.07) is 23.0. The van der Waals surface area contributed by atoms with Crippen LogP contribution in [0.1, 0.15) is 22.4 Å². The molecule has 0 aliphatic rings. The minimum absolute atomic E-state index is 0. The van der Waals surface area contributed by atoms with E-state index in [4.69, 9.17) is 12.2 Å². The predicted octanol–water partition coefficient (Wildman–Crippen LogP) is 5.60. The van der Waals surface area contributed by atoms with Crippen LogP contribution < -0.4 is 5.32 Å². The largest absolute Gasteiger partial charge is 0.348 e. The van der Waals surface area contributed by atoms with Crippen molar-refractivity contribution < 1.29 is 0 Å². The number of thiocarbonyl (C=S) groups is 1. The summed E-state index contributed by atoms with van der Waals surface area (Å²) in [7, 11) is 0. The van der Waals surface area contributed by atoms with Crippen LogP contribution in [0.2, 0.25) is 0 Å². The zero-order valence-corrected chi connectivity index (χ0v) is 18.6. The molecule has 0 atom stereocenters. The smallest absolute Gasteiger partial charge is 0.173 e. The van der Waals surface area contributed by atoms with Crippen molar-refractivity contribution in [1.82, 2.24) is 9.88 Å². The van der Waals surface area contributed by atoms with Gasteiger partial charge in [0.25, 0.3) is 0 Å².